The van der Waals surface area contributed by atoms with E-state index in [1.807, 2.05) is 19.1 Å². The Morgan fingerprint density at radius 3 is 2.65 bits per heavy atom. The second-order valence-corrected chi connectivity index (χ2v) is 5.89. The highest BCUT2D eigenvalue weighted by atomic mass is 35.5. The summed E-state index contributed by atoms with van der Waals surface area (Å²) in [5.41, 5.74) is 2.79. The zero-order chi connectivity index (χ0) is 18.5. The van der Waals surface area contributed by atoms with E-state index < -0.39 is 0 Å². The van der Waals surface area contributed by atoms with E-state index in [0.29, 0.717) is 27.8 Å². The van der Waals surface area contributed by atoms with Gasteiger partial charge in [-0.1, -0.05) is 29.8 Å². The highest BCUT2D eigenvalue weighted by Gasteiger charge is 2.10. The standard InChI is InChI=1S/C19H14ClN5O/c1-12-6-7-14(8-15(12)20)24-19(26)17-10-23-18(11-22-17)25-16-5-3-2-4-13(16)9-21/h2-8,10-11H,1H3,(H,23,25)(H,24,26). The normalized spacial score (nSPS) is 10.0. The molecule has 7 heteroatoms. The molecule has 0 radical (unpaired) electrons. The molecule has 1 aromatic heterocycles. The maximum atomic E-state index is 12.3. The average Bonchev–Trinajstić information content (AvgIpc) is 2.66. The fourth-order valence-corrected chi connectivity index (χ4v) is 2.38. The number of carbonyl (C=O) groups is 1. The molecule has 1 amide bonds. The van der Waals surface area contributed by atoms with Crippen molar-refractivity contribution in [3.8, 4) is 6.07 Å². The van der Waals surface area contributed by atoms with Crippen LogP contribution in [0.25, 0.3) is 0 Å². The van der Waals surface area contributed by atoms with E-state index in [1.54, 1.807) is 30.3 Å². The fourth-order valence-electron chi connectivity index (χ4n) is 2.20. The molecule has 0 fully saturated rings. The van der Waals surface area contributed by atoms with Crippen LogP contribution in [0.5, 0.6) is 0 Å². The summed E-state index contributed by atoms with van der Waals surface area (Å²) in [6.07, 6.45) is 2.80. The third-order valence-electron chi connectivity index (χ3n) is 3.62. The van der Waals surface area contributed by atoms with Gasteiger partial charge in [0.15, 0.2) is 0 Å². The maximum absolute atomic E-state index is 12.3. The molecule has 128 valence electrons. The predicted octanol–water partition coefficient (Wildman–Crippen LogP) is 4.31. The Morgan fingerprint density at radius 2 is 1.96 bits per heavy atom. The van der Waals surface area contributed by atoms with Crippen molar-refractivity contribution in [3.63, 3.8) is 0 Å². The molecular formula is C19H14ClN5O. The average molecular weight is 364 g/mol. The second kappa shape index (κ2) is 7.64. The first-order valence-electron chi connectivity index (χ1n) is 7.72. The van der Waals surface area contributed by atoms with E-state index >= 15 is 0 Å². The summed E-state index contributed by atoms with van der Waals surface area (Å²) in [6, 6.07) is 14.4. The molecule has 0 atom stereocenters. The van der Waals surface area contributed by atoms with Gasteiger partial charge in [0.2, 0.25) is 0 Å². The molecule has 0 saturated carbocycles. The van der Waals surface area contributed by atoms with Crippen molar-refractivity contribution >= 4 is 34.7 Å². The highest BCUT2D eigenvalue weighted by molar-refractivity contribution is 6.31. The summed E-state index contributed by atoms with van der Waals surface area (Å²) >= 11 is 6.06. The van der Waals surface area contributed by atoms with Gasteiger partial charge in [0, 0.05) is 10.7 Å². The third-order valence-corrected chi connectivity index (χ3v) is 4.03. The lowest BCUT2D eigenvalue weighted by Crippen LogP contribution is -2.14. The number of aryl methyl sites for hydroxylation is 1. The van der Waals surface area contributed by atoms with Crippen LogP contribution in [0.4, 0.5) is 17.2 Å². The molecule has 26 heavy (non-hydrogen) atoms. The van der Waals surface area contributed by atoms with Crippen LogP contribution in [0, 0.1) is 18.3 Å². The third kappa shape index (κ3) is 3.97. The Morgan fingerprint density at radius 1 is 1.15 bits per heavy atom. The monoisotopic (exact) mass is 363 g/mol. The molecule has 6 nitrogen and oxygen atoms in total. The van der Waals surface area contributed by atoms with Crippen LogP contribution in [0.2, 0.25) is 5.02 Å². The van der Waals surface area contributed by atoms with Crippen LogP contribution in [-0.2, 0) is 0 Å². The Hall–Kier alpha value is -3.43. The van der Waals surface area contributed by atoms with Crippen molar-refractivity contribution in [3.05, 3.63) is 76.7 Å². The zero-order valence-corrected chi connectivity index (χ0v) is 14.6. The summed E-state index contributed by atoms with van der Waals surface area (Å²) in [5, 5.41) is 15.4. The van der Waals surface area contributed by atoms with Gasteiger partial charge in [-0.15, -0.1) is 0 Å². The topological polar surface area (TPSA) is 90.7 Å². The fraction of sp³-hybridized carbons (Fsp3) is 0.0526. The lowest BCUT2D eigenvalue weighted by Gasteiger charge is -2.08. The van der Waals surface area contributed by atoms with Gasteiger partial charge in [-0.2, -0.15) is 5.26 Å². The van der Waals surface area contributed by atoms with Gasteiger partial charge in [0.05, 0.1) is 23.6 Å². The minimum atomic E-state index is -0.388. The molecule has 0 saturated heterocycles. The number of benzene rings is 2. The van der Waals surface area contributed by atoms with Crippen LogP contribution in [0.3, 0.4) is 0 Å². The number of nitrogens with zero attached hydrogens (tertiary/aromatic N) is 3. The number of hydrogen-bond donors (Lipinski definition) is 2. The SMILES string of the molecule is Cc1ccc(NC(=O)c2cnc(Nc3ccccc3C#N)cn2)cc1Cl. The molecule has 0 unspecified atom stereocenters. The largest absolute Gasteiger partial charge is 0.338 e. The molecule has 2 aromatic carbocycles. The molecule has 0 aliphatic carbocycles. The number of hydrogen-bond acceptors (Lipinski definition) is 5. The highest BCUT2D eigenvalue weighted by Crippen LogP contribution is 2.21. The quantitative estimate of drug-likeness (QED) is 0.720. The lowest BCUT2D eigenvalue weighted by molar-refractivity contribution is 0.102. The van der Waals surface area contributed by atoms with Gasteiger partial charge >= 0.3 is 0 Å². The first kappa shape index (κ1) is 17.4. The number of carbonyl (C=O) groups excluding carboxylic acids is 1. The Bertz CT molecular complexity index is 996. The van der Waals surface area contributed by atoms with Crippen LogP contribution >= 0.6 is 11.6 Å². The second-order valence-electron chi connectivity index (χ2n) is 5.49. The summed E-state index contributed by atoms with van der Waals surface area (Å²) in [5.74, 6) is 0.0454. The van der Waals surface area contributed by atoms with E-state index in [-0.39, 0.29) is 11.6 Å². The van der Waals surface area contributed by atoms with Crippen molar-refractivity contribution in [2.45, 2.75) is 6.92 Å². The van der Waals surface area contributed by atoms with Gasteiger partial charge in [-0.05, 0) is 36.8 Å². The van der Waals surface area contributed by atoms with Gasteiger partial charge in [0.25, 0.3) is 5.91 Å². The molecule has 0 bridgehead atoms. The van der Waals surface area contributed by atoms with Crippen LogP contribution in [0.15, 0.2) is 54.9 Å². The summed E-state index contributed by atoms with van der Waals surface area (Å²) in [4.78, 5) is 20.5. The van der Waals surface area contributed by atoms with Crippen molar-refractivity contribution in [2.75, 3.05) is 10.6 Å². The molecule has 1 heterocycles. The van der Waals surface area contributed by atoms with Gasteiger partial charge in [0.1, 0.15) is 17.6 Å². The lowest BCUT2D eigenvalue weighted by atomic mass is 10.2. The molecular weight excluding hydrogens is 350 g/mol. The van der Waals surface area contributed by atoms with E-state index in [0.717, 1.165) is 5.56 Å². The maximum Gasteiger partial charge on any atom is 0.275 e. The van der Waals surface area contributed by atoms with Crippen LogP contribution in [0.1, 0.15) is 21.6 Å². The Labute approximate surface area is 155 Å². The van der Waals surface area contributed by atoms with Gasteiger partial charge in [-0.25, -0.2) is 9.97 Å². The molecule has 3 aromatic rings. The number of halogens is 1. The summed E-state index contributed by atoms with van der Waals surface area (Å²) in [6.45, 7) is 1.88. The van der Waals surface area contributed by atoms with Gasteiger partial charge < -0.3 is 10.6 Å². The first-order valence-corrected chi connectivity index (χ1v) is 8.10. The number of nitrogens with one attached hydrogen (secondary N) is 2. The number of amides is 1. The van der Waals surface area contributed by atoms with Crippen LogP contribution in [-0.4, -0.2) is 15.9 Å². The van der Waals surface area contributed by atoms with Crippen molar-refractivity contribution in [1.82, 2.24) is 9.97 Å². The molecule has 0 aliphatic rings. The zero-order valence-electron chi connectivity index (χ0n) is 13.8. The Kier molecular flexibility index (Phi) is 5.11. The van der Waals surface area contributed by atoms with E-state index in [4.69, 9.17) is 16.9 Å². The van der Waals surface area contributed by atoms with Crippen molar-refractivity contribution in [2.24, 2.45) is 0 Å². The number of aromatic nitrogens is 2. The minimum Gasteiger partial charge on any atom is -0.338 e. The molecule has 3 rings (SSSR count). The summed E-state index contributed by atoms with van der Waals surface area (Å²) in [7, 11) is 0. The van der Waals surface area contributed by atoms with E-state index in [2.05, 4.69) is 26.7 Å². The van der Waals surface area contributed by atoms with Crippen LogP contribution < -0.4 is 10.6 Å². The molecule has 0 spiro atoms. The van der Waals surface area contributed by atoms with Crippen molar-refractivity contribution in [1.29, 1.82) is 5.26 Å². The van der Waals surface area contributed by atoms with Crippen molar-refractivity contribution < 1.29 is 4.79 Å². The van der Waals surface area contributed by atoms with Gasteiger partial charge in [-0.3, -0.25) is 4.79 Å². The number of rotatable bonds is 4. The summed E-state index contributed by atoms with van der Waals surface area (Å²) < 4.78 is 0. The minimum absolute atomic E-state index is 0.167. The smallest absolute Gasteiger partial charge is 0.275 e. The number of anilines is 3. The predicted molar refractivity (Wildman–Crippen MR) is 101 cm³/mol. The van der Waals surface area contributed by atoms with E-state index in [1.165, 1.54) is 12.4 Å². The van der Waals surface area contributed by atoms with E-state index in [9.17, 15) is 4.79 Å². The molecule has 0 aliphatic heterocycles. The number of para-hydroxylation sites is 1. The first-order chi connectivity index (χ1) is 12.6. The number of nitriles is 1. The Balaban J connectivity index is 1.71. The molecule has 2 N–H and O–H groups in total.